The molecule has 1 rings (SSSR count). The van der Waals surface area contributed by atoms with Crippen molar-refractivity contribution in [1.29, 1.82) is 0 Å². The van der Waals surface area contributed by atoms with Gasteiger partial charge >= 0.3 is 18.4 Å². The van der Waals surface area contributed by atoms with Crippen LogP contribution in [0.25, 0.3) is 0 Å². The molecule has 1 aromatic carbocycles. The normalized spacial score (nSPS) is 12.7. The molecule has 3 N–H and O–H groups in total. The van der Waals surface area contributed by atoms with E-state index in [1.807, 2.05) is 0 Å². The zero-order chi connectivity index (χ0) is 15.6. The lowest BCUT2D eigenvalue weighted by Crippen LogP contribution is -2.24. The van der Waals surface area contributed by atoms with Crippen molar-refractivity contribution in [3.8, 4) is 0 Å². The molecule has 0 aliphatic carbocycles. The lowest BCUT2D eigenvalue weighted by Gasteiger charge is -2.12. The van der Waals surface area contributed by atoms with Gasteiger partial charge in [0, 0.05) is 0 Å². The molecule has 0 saturated carbocycles. The SMILES string of the molecule is NC(=O)N/N=C/c1cc(C(F)(F)F)cc(C(F)(F)F)c1. The maximum absolute atomic E-state index is 12.5. The molecule has 0 bridgehead atoms. The van der Waals surface area contributed by atoms with Gasteiger partial charge in [0.1, 0.15) is 0 Å². The average Bonchev–Trinajstić information content (AvgIpc) is 2.25. The number of nitrogens with one attached hydrogen (secondary N) is 1. The predicted octanol–water partition coefficient (Wildman–Crippen LogP) is 2.73. The van der Waals surface area contributed by atoms with Crippen molar-refractivity contribution in [2.45, 2.75) is 12.4 Å². The summed E-state index contributed by atoms with van der Waals surface area (Å²) in [6.45, 7) is 0. The van der Waals surface area contributed by atoms with Crippen molar-refractivity contribution in [2.24, 2.45) is 10.8 Å². The highest BCUT2D eigenvalue weighted by molar-refractivity contribution is 5.82. The summed E-state index contributed by atoms with van der Waals surface area (Å²) in [5, 5.41) is 3.10. The van der Waals surface area contributed by atoms with Crippen LogP contribution >= 0.6 is 0 Å². The van der Waals surface area contributed by atoms with Gasteiger partial charge in [0.15, 0.2) is 0 Å². The number of hydrogen-bond acceptors (Lipinski definition) is 2. The number of carbonyl (C=O) groups is 1. The number of nitrogens with zero attached hydrogens (tertiary/aromatic N) is 1. The summed E-state index contributed by atoms with van der Waals surface area (Å²) >= 11 is 0. The van der Waals surface area contributed by atoms with E-state index in [0.29, 0.717) is 18.3 Å². The monoisotopic (exact) mass is 299 g/mol. The smallest absolute Gasteiger partial charge is 0.350 e. The third-order valence-electron chi connectivity index (χ3n) is 2.00. The summed E-state index contributed by atoms with van der Waals surface area (Å²) in [4.78, 5) is 10.3. The number of primary amides is 1. The highest BCUT2D eigenvalue weighted by atomic mass is 19.4. The number of benzene rings is 1. The second-order valence-electron chi connectivity index (χ2n) is 3.57. The van der Waals surface area contributed by atoms with E-state index in [-0.39, 0.29) is 6.07 Å². The highest BCUT2D eigenvalue weighted by Gasteiger charge is 2.36. The van der Waals surface area contributed by atoms with E-state index in [9.17, 15) is 31.1 Å². The lowest BCUT2D eigenvalue weighted by molar-refractivity contribution is -0.143. The molecular formula is C10H7F6N3O. The Bertz CT molecular complexity index is 503. The largest absolute Gasteiger partial charge is 0.416 e. The maximum atomic E-state index is 12.5. The standard InChI is InChI=1S/C10H7F6N3O/c11-9(12,13)6-1-5(4-18-19-8(17)20)2-7(3-6)10(14,15)16/h1-4H,(H3,17,19,20)/b18-4+. The number of amides is 2. The van der Waals surface area contributed by atoms with Crippen LogP contribution in [0.3, 0.4) is 0 Å². The number of nitrogens with two attached hydrogens (primary N) is 1. The van der Waals surface area contributed by atoms with Crippen LogP contribution < -0.4 is 11.2 Å². The van der Waals surface area contributed by atoms with Crippen LogP contribution in [0.5, 0.6) is 0 Å². The van der Waals surface area contributed by atoms with Gasteiger partial charge in [-0.1, -0.05) is 0 Å². The van der Waals surface area contributed by atoms with E-state index in [0.717, 1.165) is 0 Å². The van der Waals surface area contributed by atoms with Crippen molar-refractivity contribution in [1.82, 2.24) is 5.43 Å². The summed E-state index contributed by atoms with van der Waals surface area (Å²) in [7, 11) is 0. The average molecular weight is 299 g/mol. The van der Waals surface area contributed by atoms with Gasteiger partial charge in [-0.05, 0) is 23.8 Å². The van der Waals surface area contributed by atoms with E-state index in [2.05, 4.69) is 10.8 Å². The van der Waals surface area contributed by atoms with Gasteiger partial charge in [-0.25, -0.2) is 10.2 Å². The van der Waals surface area contributed by atoms with Crippen molar-refractivity contribution in [2.75, 3.05) is 0 Å². The van der Waals surface area contributed by atoms with Gasteiger partial charge < -0.3 is 5.73 Å². The Morgan fingerprint density at radius 2 is 1.50 bits per heavy atom. The van der Waals surface area contributed by atoms with Crippen molar-refractivity contribution < 1.29 is 31.1 Å². The minimum absolute atomic E-state index is 0.0150. The Balaban J connectivity index is 3.24. The number of hydrogen-bond donors (Lipinski definition) is 2. The van der Waals surface area contributed by atoms with Crippen LogP contribution in [0, 0.1) is 0 Å². The molecule has 10 heteroatoms. The van der Waals surface area contributed by atoms with Crippen LogP contribution in [0.4, 0.5) is 31.1 Å². The summed E-state index contributed by atoms with van der Waals surface area (Å²) in [6.07, 6.45) is -9.27. The molecule has 0 saturated heterocycles. The molecule has 0 fully saturated rings. The lowest BCUT2D eigenvalue weighted by atomic mass is 10.1. The quantitative estimate of drug-likeness (QED) is 0.492. The molecule has 1 aromatic rings. The number of rotatable bonds is 2. The fourth-order valence-corrected chi connectivity index (χ4v) is 1.22. The van der Waals surface area contributed by atoms with Crippen LogP contribution in [0.2, 0.25) is 0 Å². The summed E-state index contributed by atoms with van der Waals surface area (Å²) in [6, 6.07) is -0.203. The first-order valence-electron chi connectivity index (χ1n) is 4.88. The Kier molecular flexibility index (Phi) is 4.26. The van der Waals surface area contributed by atoms with Crippen LogP contribution in [0.15, 0.2) is 23.3 Å². The van der Waals surface area contributed by atoms with E-state index in [1.165, 1.54) is 0 Å². The van der Waals surface area contributed by atoms with Crippen molar-refractivity contribution in [3.63, 3.8) is 0 Å². The number of halogens is 6. The minimum atomic E-state index is -4.94. The summed E-state index contributed by atoms with van der Waals surface area (Å²) < 4.78 is 74.9. The molecular weight excluding hydrogens is 292 g/mol. The first kappa shape index (κ1) is 15.8. The molecule has 0 unspecified atom stereocenters. The number of alkyl halides is 6. The third kappa shape index (κ3) is 4.44. The predicted molar refractivity (Wildman–Crippen MR) is 56.8 cm³/mol. The van der Waals surface area contributed by atoms with E-state index in [1.54, 1.807) is 5.43 Å². The van der Waals surface area contributed by atoms with Crippen molar-refractivity contribution in [3.05, 3.63) is 34.9 Å². The molecule has 0 spiro atoms. The summed E-state index contributed by atoms with van der Waals surface area (Å²) in [5.41, 5.74) is 2.84. The van der Waals surface area contributed by atoms with Gasteiger partial charge in [-0.3, -0.25) is 0 Å². The molecule has 2 amide bonds. The minimum Gasteiger partial charge on any atom is -0.350 e. The molecule has 0 aromatic heterocycles. The van der Waals surface area contributed by atoms with Gasteiger partial charge in [0.2, 0.25) is 0 Å². The van der Waals surface area contributed by atoms with E-state index in [4.69, 9.17) is 0 Å². The first-order valence-corrected chi connectivity index (χ1v) is 4.88. The van der Waals surface area contributed by atoms with Crippen LogP contribution in [-0.4, -0.2) is 12.2 Å². The van der Waals surface area contributed by atoms with Crippen molar-refractivity contribution >= 4 is 12.2 Å². The fraction of sp³-hybridized carbons (Fsp3) is 0.200. The van der Waals surface area contributed by atoms with Gasteiger partial charge in [0.25, 0.3) is 0 Å². The van der Waals surface area contributed by atoms with Gasteiger partial charge in [-0.2, -0.15) is 31.4 Å². The van der Waals surface area contributed by atoms with Crippen LogP contribution in [0.1, 0.15) is 16.7 Å². The molecule has 4 nitrogen and oxygen atoms in total. The Hall–Kier alpha value is -2.26. The molecule has 0 atom stereocenters. The Labute approximate surface area is 108 Å². The number of carbonyl (C=O) groups excluding carboxylic acids is 1. The fourth-order valence-electron chi connectivity index (χ4n) is 1.22. The number of urea groups is 1. The second-order valence-corrected chi connectivity index (χ2v) is 3.57. The topological polar surface area (TPSA) is 67.5 Å². The number of hydrazone groups is 1. The Morgan fingerprint density at radius 3 is 1.85 bits per heavy atom. The molecule has 0 aliphatic rings. The molecule has 0 aliphatic heterocycles. The zero-order valence-electron chi connectivity index (χ0n) is 9.51. The first-order chi connectivity index (χ1) is 9.00. The molecule has 0 radical (unpaired) electrons. The molecule has 20 heavy (non-hydrogen) atoms. The molecule has 0 heterocycles. The maximum Gasteiger partial charge on any atom is 0.416 e. The highest BCUT2D eigenvalue weighted by Crippen LogP contribution is 2.35. The van der Waals surface area contributed by atoms with E-state index < -0.39 is 35.1 Å². The second kappa shape index (κ2) is 5.39. The zero-order valence-corrected chi connectivity index (χ0v) is 9.51. The van der Waals surface area contributed by atoms with E-state index >= 15 is 0 Å². The third-order valence-corrected chi connectivity index (χ3v) is 2.00. The summed E-state index contributed by atoms with van der Waals surface area (Å²) in [5.74, 6) is 0. The van der Waals surface area contributed by atoms with Gasteiger partial charge in [-0.15, -0.1) is 0 Å². The molecule has 110 valence electrons. The van der Waals surface area contributed by atoms with Crippen LogP contribution in [-0.2, 0) is 12.4 Å². The van der Waals surface area contributed by atoms with Gasteiger partial charge in [0.05, 0.1) is 17.3 Å². The Morgan fingerprint density at radius 1 is 1.05 bits per heavy atom.